The molecule has 0 spiro atoms. The van der Waals surface area contributed by atoms with E-state index in [-0.39, 0.29) is 11.5 Å². The maximum absolute atomic E-state index is 9.58. The number of hydrogen-bond acceptors (Lipinski definition) is 6. The zero-order valence-corrected chi connectivity index (χ0v) is 17.0. The second kappa shape index (κ2) is 9.42. The molecule has 1 aliphatic carbocycles. The molecule has 1 atom stereocenters. The Hall–Kier alpha value is -1.79. The number of thiazole rings is 1. The monoisotopic (exact) mass is 389 g/mol. The van der Waals surface area contributed by atoms with Gasteiger partial charge in [-0.1, -0.05) is 19.4 Å². The van der Waals surface area contributed by atoms with Gasteiger partial charge in [-0.25, -0.2) is 4.98 Å². The summed E-state index contributed by atoms with van der Waals surface area (Å²) in [7, 11) is 0. The fourth-order valence-corrected chi connectivity index (χ4v) is 4.95. The van der Waals surface area contributed by atoms with Crippen LogP contribution in [0.25, 0.3) is 0 Å². The number of unbranched alkanes of at least 4 members (excludes halogenated alkanes) is 2. The fourth-order valence-electron chi connectivity index (χ4n) is 4.00. The maximum atomic E-state index is 9.58. The standard InChI is InChI=1S/C21H31N3O2S/c1-2-11-24(16-8-9-17-20(14-16)27-21(22)23-17)12-5-3-4-6-15-7-10-18(25)19(26)13-15/h7,10,13,16,25-26H,2-6,8-9,11-12,14H2,1H3,(H2,22,23)/t16-/m1/s1. The van der Waals surface area contributed by atoms with Crippen molar-refractivity contribution in [3.8, 4) is 11.5 Å². The van der Waals surface area contributed by atoms with Crippen LogP contribution in [-0.4, -0.2) is 39.2 Å². The Bertz CT molecular complexity index is 747. The van der Waals surface area contributed by atoms with E-state index >= 15 is 0 Å². The molecule has 0 unspecified atom stereocenters. The average molecular weight is 390 g/mol. The largest absolute Gasteiger partial charge is 0.504 e. The number of nitrogen functional groups attached to an aromatic ring is 1. The molecule has 3 rings (SSSR count). The van der Waals surface area contributed by atoms with Crippen LogP contribution in [0.1, 0.15) is 55.2 Å². The van der Waals surface area contributed by atoms with Gasteiger partial charge in [0, 0.05) is 10.9 Å². The van der Waals surface area contributed by atoms with Crippen molar-refractivity contribution in [1.29, 1.82) is 0 Å². The first-order valence-electron chi connectivity index (χ1n) is 10.1. The second-order valence-electron chi connectivity index (χ2n) is 7.49. The summed E-state index contributed by atoms with van der Waals surface area (Å²) in [5.74, 6) is -0.0747. The van der Waals surface area contributed by atoms with Gasteiger partial charge in [0.1, 0.15) is 0 Å². The Morgan fingerprint density at radius 1 is 1.19 bits per heavy atom. The Kier molecular flexibility index (Phi) is 6.96. The van der Waals surface area contributed by atoms with Crippen molar-refractivity contribution in [1.82, 2.24) is 9.88 Å². The third-order valence-corrected chi connectivity index (χ3v) is 6.36. The Morgan fingerprint density at radius 3 is 2.81 bits per heavy atom. The number of nitrogens with zero attached hydrogens (tertiary/aromatic N) is 2. The van der Waals surface area contributed by atoms with Gasteiger partial charge in [-0.3, -0.25) is 0 Å². The summed E-state index contributed by atoms with van der Waals surface area (Å²) in [6.07, 6.45) is 8.92. The normalized spacial score (nSPS) is 16.6. The van der Waals surface area contributed by atoms with Crippen molar-refractivity contribution < 1.29 is 10.2 Å². The number of aromatic hydroxyl groups is 2. The molecule has 148 valence electrons. The summed E-state index contributed by atoms with van der Waals surface area (Å²) in [6, 6.07) is 5.74. The molecule has 6 heteroatoms. The van der Waals surface area contributed by atoms with Crippen molar-refractivity contribution in [3.63, 3.8) is 0 Å². The van der Waals surface area contributed by atoms with Gasteiger partial charge in [0.15, 0.2) is 16.6 Å². The van der Waals surface area contributed by atoms with Crippen LogP contribution in [0.2, 0.25) is 0 Å². The van der Waals surface area contributed by atoms with Crippen LogP contribution in [0, 0.1) is 0 Å². The highest BCUT2D eigenvalue weighted by Crippen LogP contribution is 2.30. The average Bonchev–Trinajstić information content (AvgIpc) is 3.02. The first-order valence-corrected chi connectivity index (χ1v) is 10.9. The van der Waals surface area contributed by atoms with E-state index in [9.17, 15) is 10.2 Å². The summed E-state index contributed by atoms with van der Waals surface area (Å²) in [6.45, 7) is 4.55. The van der Waals surface area contributed by atoms with Crippen LogP contribution in [-0.2, 0) is 19.3 Å². The van der Waals surface area contributed by atoms with Gasteiger partial charge in [-0.2, -0.15) is 0 Å². The van der Waals surface area contributed by atoms with Gasteiger partial charge >= 0.3 is 0 Å². The number of fused-ring (bicyclic) bond motifs is 1. The zero-order chi connectivity index (χ0) is 19.2. The quantitative estimate of drug-likeness (QED) is 0.444. The van der Waals surface area contributed by atoms with Gasteiger partial charge < -0.3 is 20.8 Å². The Labute approximate surface area is 165 Å². The van der Waals surface area contributed by atoms with Gasteiger partial charge in [0.05, 0.1) is 5.69 Å². The summed E-state index contributed by atoms with van der Waals surface area (Å²) >= 11 is 1.66. The first kappa shape index (κ1) is 20.0. The molecule has 1 aromatic heterocycles. The molecule has 0 bridgehead atoms. The molecule has 1 aromatic carbocycles. The smallest absolute Gasteiger partial charge is 0.180 e. The fraction of sp³-hybridized carbons (Fsp3) is 0.571. The van der Waals surface area contributed by atoms with Gasteiger partial charge in [0.2, 0.25) is 0 Å². The van der Waals surface area contributed by atoms with Crippen LogP contribution >= 0.6 is 11.3 Å². The van der Waals surface area contributed by atoms with E-state index < -0.39 is 0 Å². The number of rotatable bonds is 9. The molecule has 1 aliphatic rings. The SMILES string of the molecule is CCCN(CCCCCc1ccc(O)c(O)c1)[C@@H]1CCc2nc(N)sc2C1. The number of aryl methyl sites for hydroxylation is 2. The molecule has 0 saturated heterocycles. The number of aromatic nitrogens is 1. The Morgan fingerprint density at radius 2 is 2.04 bits per heavy atom. The minimum Gasteiger partial charge on any atom is -0.504 e. The molecule has 4 N–H and O–H groups in total. The van der Waals surface area contributed by atoms with E-state index in [0.29, 0.717) is 11.2 Å². The lowest BCUT2D eigenvalue weighted by atomic mass is 9.95. The molecule has 0 radical (unpaired) electrons. The van der Waals surface area contributed by atoms with Crippen LogP contribution in [0.4, 0.5) is 5.13 Å². The Balaban J connectivity index is 1.44. The van der Waals surface area contributed by atoms with Gasteiger partial charge in [0.25, 0.3) is 0 Å². The van der Waals surface area contributed by atoms with Crippen molar-refractivity contribution in [3.05, 3.63) is 34.3 Å². The van der Waals surface area contributed by atoms with E-state index in [0.717, 1.165) is 44.3 Å². The highest BCUT2D eigenvalue weighted by atomic mass is 32.1. The van der Waals surface area contributed by atoms with E-state index in [1.54, 1.807) is 23.5 Å². The van der Waals surface area contributed by atoms with E-state index in [1.165, 1.54) is 36.3 Å². The molecule has 2 aromatic rings. The van der Waals surface area contributed by atoms with Crippen LogP contribution in [0.15, 0.2) is 18.2 Å². The highest BCUT2D eigenvalue weighted by molar-refractivity contribution is 7.15. The molecule has 27 heavy (non-hydrogen) atoms. The second-order valence-corrected chi connectivity index (χ2v) is 8.60. The summed E-state index contributed by atoms with van der Waals surface area (Å²) in [5.41, 5.74) is 8.19. The minimum atomic E-state index is -0.0488. The van der Waals surface area contributed by atoms with Crippen molar-refractivity contribution in [2.45, 2.75) is 64.3 Å². The lowest BCUT2D eigenvalue weighted by Gasteiger charge is -2.33. The van der Waals surface area contributed by atoms with Crippen LogP contribution < -0.4 is 5.73 Å². The molecule has 0 amide bonds. The predicted molar refractivity (Wildman–Crippen MR) is 112 cm³/mol. The summed E-state index contributed by atoms with van der Waals surface area (Å²) in [5, 5.41) is 19.7. The number of hydrogen-bond donors (Lipinski definition) is 3. The lowest BCUT2D eigenvalue weighted by molar-refractivity contribution is 0.176. The third-order valence-electron chi connectivity index (χ3n) is 5.41. The molecule has 1 heterocycles. The number of nitrogens with two attached hydrogens (primary N) is 1. The topological polar surface area (TPSA) is 82.6 Å². The number of phenols is 2. The molecule has 0 aliphatic heterocycles. The maximum Gasteiger partial charge on any atom is 0.180 e. The minimum absolute atomic E-state index is 0.0259. The third kappa shape index (κ3) is 5.36. The summed E-state index contributed by atoms with van der Waals surface area (Å²) in [4.78, 5) is 8.51. The molecule has 5 nitrogen and oxygen atoms in total. The van der Waals surface area contributed by atoms with Crippen molar-refractivity contribution in [2.75, 3.05) is 18.8 Å². The molecular weight excluding hydrogens is 358 g/mol. The summed E-state index contributed by atoms with van der Waals surface area (Å²) < 4.78 is 0. The first-order chi connectivity index (χ1) is 13.1. The van der Waals surface area contributed by atoms with E-state index in [4.69, 9.17) is 5.73 Å². The van der Waals surface area contributed by atoms with E-state index in [2.05, 4.69) is 16.8 Å². The predicted octanol–water partition coefficient (Wildman–Crippen LogP) is 4.12. The molecule has 0 fully saturated rings. The van der Waals surface area contributed by atoms with Crippen molar-refractivity contribution >= 4 is 16.5 Å². The van der Waals surface area contributed by atoms with Crippen LogP contribution in [0.5, 0.6) is 11.5 Å². The van der Waals surface area contributed by atoms with Crippen LogP contribution in [0.3, 0.4) is 0 Å². The number of anilines is 1. The zero-order valence-electron chi connectivity index (χ0n) is 16.2. The van der Waals surface area contributed by atoms with Crippen molar-refractivity contribution in [2.24, 2.45) is 0 Å². The van der Waals surface area contributed by atoms with Gasteiger partial charge in [-0.05, 0) is 75.7 Å². The number of phenolic OH excluding ortho intramolecular Hbond substituents is 2. The highest BCUT2D eigenvalue weighted by Gasteiger charge is 2.26. The molecule has 0 saturated carbocycles. The van der Waals surface area contributed by atoms with E-state index in [1.807, 2.05) is 6.07 Å². The number of benzene rings is 1. The lowest BCUT2D eigenvalue weighted by Crippen LogP contribution is -2.40. The molecular formula is C21H31N3O2S. The van der Waals surface area contributed by atoms with Gasteiger partial charge in [-0.15, -0.1) is 11.3 Å².